The molecule has 4 nitrogen and oxygen atoms in total. The van der Waals surface area contributed by atoms with Crippen molar-refractivity contribution in [1.29, 1.82) is 0 Å². The van der Waals surface area contributed by atoms with Crippen LogP contribution in [0.4, 0.5) is 5.69 Å². The molecule has 0 fully saturated rings. The summed E-state index contributed by atoms with van der Waals surface area (Å²) in [5, 5.41) is 11.6. The summed E-state index contributed by atoms with van der Waals surface area (Å²) in [5.41, 5.74) is 3.78. The van der Waals surface area contributed by atoms with Gasteiger partial charge < -0.3 is 0 Å². The lowest BCUT2D eigenvalue weighted by Gasteiger charge is -2.00. The Kier molecular flexibility index (Phi) is 3.66. The van der Waals surface area contributed by atoms with Crippen molar-refractivity contribution in [2.45, 2.75) is 6.92 Å². The smallest absolute Gasteiger partial charge is 0.258 e. The van der Waals surface area contributed by atoms with E-state index in [2.05, 4.69) is 17.1 Å². The van der Waals surface area contributed by atoms with Crippen molar-refractivity contribution in [2.24, 2.45) is 0 Å². The number of hydrogen-bond acceptors (Lipinski definition) is 3. The fourth-order valence-electron chi connectivity index (χ4n) is 2.27. The van der Waals surface area contributed by atoms with E-state index in [9.17, 15) is 10.1 Å². The lowest BCUT2D eigenvalue weighted by Crippen LogP contribution is -1.91. The maximum Gasteiger partial charge on any atom is 0.278 e. The predicted molar refractivity (Wildman–Crippen MR) is 88.5 cm³/mol. The van der Waals surface area contributed by atoms with Gasteiger partial charge in [0.05, 0.1) is 21.5 Å². The lowest BCUT2D eigenvalue weighted by molar-refractivity contribution is -0.383. The summed E-state index contributed by atoms with van der Waals surface area (Å²) < 4.78 is 0. The molecule has 22 heavy (non-hydrogen) atoms. The molecule has 0 saturated carbocycles. The van der Waals surface area contributed by atoms with Crippen molar-refractivity contribution in [3.63, 3.8) is 0 Å². The molecule has 0 radical (unpaired) electrons. The summed E-state index contributed by atoms with van der Waals surface area (Å²) in [6.45, 7) is 2.05. The molecule has 0 N–H and O–H groups in total. The van der Waals surface area contributed by atoms with E-state index in [0.29, 0.717) is 10.9 Å². The quantitative estimate of drug-likeness (QED) is 0.522. The summed E-state index contributed by atoms with van der Waals surface area (Å²) in [4.78, 5) is 15.1. The Bertz CT molecular complexity index is 868. The molecule has 0 amide bonds. The molecule has 0 aliphatic heterocycles. The predicted octanol–water partition coefficient (Wildman–Crippen LogP) is 4.62. The van der Waals surface area contributed by atoms with Gasteiger partial charge in [-0.05, 0) is 36.8 Å². The number of pyridine rings is 1. The number of non-ortho nitro benzene ring substituents is 1. The van der Waals surface area contributed by atoms with Gasteiger partial charge in [-0.3, -0.25) is 10.1 Å². The van der Waals surface area contributed by atoms with E-state index in [1.54, 1.807) is 24.3 Å². The Hall–Kier alpha value is -3.01. The molecule has 108 valence electrons. The van der Waals surface area contributed by atoms with Gasteiger partial charge in [-0.1, -0.05) is 42.0 Å². The molecular weight excluding hydrogens is 276 g/mol. The van der Waals surface area contributed by atoms with Gasteiger partial charge in [0, 0.05) is 6.07 Å². The van der Waals surface area contributed by atoms with E-state index >= 15 is 0 Å². The van der Waals surface area contributed by atoms with E-state index in [4.69, 9.17) is 0 Å². The molecule has 0 spiro atoms. The maximum atomic E-state index is 11.0. The zero-order valence-corrected chi connectivity index (χ0v) is 12.1. The van der Waals surface area contributed by atoms with Crippen molar-refractivity contribution < 1.29 is 4.92 Å². The van der Waals surface area contributed by atoms with Crippen molar-refractivity contribution in [3.8, 4) is 0 Å². The topological polar surface area (TPSA) is 56.0 Å². The SMILES string of the molecule is Cc1ccc(/C=C/c2ccc3c([N+](=O)[O-])cccc3n2)cc1. The Morgan fingerprint density at radius 3 is 2.50 bits per heavy atom. The normalized spacial score (nSPS) is 11.1. The Labute approximate surface area is 127 Å². The van der Waals surface area contributed by atoms with Crippen LogP contribution in [-0.4, -0.2) is 9.91 Å². The van der Waals surface area contributed by atoms with Crippen LogP contribution in [-0.2, 0) is 0 Å². The van der Waals surface area contributed by atoms with Crippen molar-refractivity contribution >= 4 is 28.7 Å². The summed E-state index contributed by atoms with van der Waals surface area (Å²) >= 11 is 0. The molecule has 1 aromatic heterocycles. The van der Waals surface area contributed by atoms with Crippen LogP contribution in [0.15, 0.2) is 54.6 Å². The molecule has 3 rings (SSSR count). The molecule has 0 aliphatic carbocycles. The standard InChI is InChI=1S/C18H14N2O2/c1-13-5-7-14(8-6-13)9-10-15-11-12-16-17(19-15)3-2-4-18(16)20(21)22/h2-12H,1H3/b10-9+. The minimum absolute atomic E-state index is 0.0825. The van der Waals surface area contributed by atoms with E-state index in [1.807, 2.05) is 31.2 Å². The van der Waals surface area contributed by atoms with Gasteiger partial charge in [0.1, 0.15) is 0 Å². The second kappa shape index (κ2) is 5.77. The number of nitrogens with zero attached hydrogens (tertiary/aromatic N) is 2. The molecule has 0 saturated heterocycles. The van der Waals surface area contributed by atoms with Gasteiger partial charge >= 0.3 is 0 Å². The van der Waals surface area contributed by atoms with Gasteiger partial charge in [0.25, 0.3) is 5.69 Å². The first kappa shape index (κ1) is 13.9. The average molecular weight is 290 g/mol. The van der Waals surface area contributed by atoms with Crippen LogP contribution in [0, 0.1) is 17.0 Å². The van der Waals surface area contributed by atoms with Crippen molar-refractivity contribution in [1.82, 2.24) is 4.98 Å². The molecular formula is C18H14N2O2. The van der Waals surface area contributed by atoms with Crippen LogP contribution >= 0.6 is 0 Å². The Morgan fingerprint density at radius 1 is 1.00 bits per heavy atom. The number of hydrogen-bond donors (Lipinski definition) is 0. The van der Waals surface area contributed by atoms with Gasteiger partial charge in [0.2, 0.25) is 0 Å². The first-order valence-corrected chi connectivity index (χ1v) is 6.92. The number of nitro benzene ring substituents is 1. The average Bonchev–Trinajstić information content (AvgIpc) is 2.53. The van der Waals surface area contributed by atoms with E-state index in [-0.39, 0.29) is 10.6 Å². The third-order valence-electron chi connectivity index (χ3n) is 3.45. The second-order valence-electron chi connectivity index (χ2n) is 5.08. The molecule has 1 heterocycles. The first-order valence-electron chi connectivity index (χ1n) is 6.92. The minimum Gasteiger partial charge on any atom is -0.258 e. The van der Waals surface area contributed by atoms with E-state index in [1.165, 1.54) is 11.6 Å². The summed E-state index contributed by atoms with van der Waals surface area (Å²) in [6, 6.07) is 16.6. The Morgan fingerprint density at radius 2 is 1.77 bits per heavy atom. The third-order valence-corrected chi connectivity index (χ3v) is 3.45. The molecule has 0 atom stereocenters. The summed E-state index contributed by atoms with van der Waals surface area (Å²) in [7, 11) is 0. The molecule has 0 aliphatic rings. The number of fused-ring (bicyclic) bond motifs is 1. The number of benzene rings is 2. The first-order chi connectivity index (χ1) is 10.6. The number of aromatic nitrogens is 1. The van der Waals surface area contributed by atoms with Gasteiger partial charge in [-0.25, -0.2) is 4.98 Å². The van der Waals surface area contributed by atoms with Gasteiger partial charge in [0.15, 0.2) is 0 Å². The number of aryl methyl sites for hydroxylation is 1. The van der Waals surface area contributed by atoms with Crippen LogP contribution < -0.4 is 0 Å². The van der Waals surface area contributed by atoms with Crippen LogP contribution in [0.25, 0.3) is 23.1 Å². The van der Waals surface area contributed by atoms with Crippen LogP contribution in [0.3, 0.4) is 0 Å². The van der Waals surface area contributed by atoms with Crippen molar-refractivity contribution in [3.05, 3.63) is 81.5 Å². The monoisotopic (exact) mass is 290 g/mol. The highest BCUT2D eigenvalue weighted by atomic mass is 16.6. The highest BCUT2D eigenvalue weighted by molar-refractivity contribution is 5.88. The summed E-state index contributed by atoms with van der Waals surface area (Å²) in [5.74, 6) is 0. The second-order valence-corrected chi connectivity index (χ2v) is 5.08. The minimum atomic E-state index is -0.383. The summed E-state index contributed by atoms with van der Waals surface area (Å²) in [6.07, 6.45) is 3.88. The highest BCUT2D eigenvalue weighted by Gasteiger charge is 2.11. The lowest BCUT2D eigenvalue weighted by atomic mass is 10.1. The molecule has 4 heteroatoms. The zero-order valence-electron chi connectivity index (χ0n) is 12.1. The van der Waals surface area contributed by atoms with Crippen LogP contribution in [0.5, 0.6) is 0 Å². The van der Waals surface area contributed by atoms with Gasteiger partial charge in [-0.2, -0.15) is 0 Å². The van der Waals surface area contributed by atoms with Gasteiger partial charge in [-0.15, -0.1) is 0 Å². The van der Waals surface area contributed by atoms with Crippen LogP contribution in [0.2, 0.25) is 0 Å². The fraction of sp³-hybridized carbons (Fsp3) is 0.0556. The maximum absolute atomic E-state index is 11.0. The Balaban J connectivity index is 1.95. The third kappa shape index (κ3) is 2.86. The molecule has 2 aromatic carbocycles. The van der Waals surface area contributed by atoms with E-state index < -0.39 is 0 Å². The number of nitro groups is 1. The largest absolute Gasteiger partial charge is 0.278 e. The highest BCUT2D eigenvalue weighted by Crippen LogP contribution is 2.24. The zero-order chi connectivity index (χ0) is 15.5. The molecule has 0 unspecified atom stereocenters. The number of rotatable bonds is 3. The van der Waals surface area contributed by atoms with E-state index in [0.717, 1.165) is 11.3 Å². The van der Waals surface area contributed by atoms with Crippen LogP contribution in [0.1, 0.15) is 16.8 Å². The molecule has 0 bridgehead atoms. The fourth-order valence-corrected chi connectivity index (χ4v) is 2.27. The molecule has 3 aromatic rings. The van der Waals surface area contributed by atoms with Crippen molar-refractivity contribution in [2.75, 3.05) is 0 Å².